The Morgan fingerprint density at radius 1 is 0.600 bits per heavy atom. The third kappa shape index (κ3) is 4.79. The molecule has 0 aromatic carbocycles. The molecule has 120 valence electrons. The molecule has 0 saturated heterocycles. The van der Waals surface area contributed by atoms with E-state index in [4.69, 9.17) is 0 Å². The SMILES string of the molecule is CC(N(C(C)(C)C)C(C)(C)C)=[N+](C(C)(C)C)C(C)(C)C. The molecule has 0 spiro atoms. The average Bonchev–Trinajstić information content (AvgIpc) is 1.88. The van der Waals surface area contributed by atoms with Crippen LogP contribution in [0.2, 0.25) is 0 Å². The minimum atomic E-state index is 0.0943. The Hall–Kier alpha value is -0.530. The van der Waals surface area contributed by atoms with Crippen LogP contribution in [-0.4, -0.2) is 37.5 Å². The number of amidine groups is 1. The van der Waals surface area contributed by atoms with Crippen molar-refractivity contribution in [2.24, 2.45) is 0 Å². The van der Waals surface area contributed by atoms with E-state index in [0.29, 0.717) is 0 Å². The first-order valence-corrected chi connectivity index (χ1v) is 7.84. The first-order chi connectivity index (χ1) is 8.40. The number of hydrogen-bond donors (Lipinski definition) is 0. The molecule has 0 unspecified atom stereocenters. The van der Waals surface area contributed by atoms with Crippen molar-refractivity contribution in [3.05, 3.63) is 0 Å². The van der Waals surface area contributed by atoms with Gasteiger partial charge in [-0.25, -0.2) is 0 Å². The highest BCUT2D eigenvalue weighted by Gasteiger charge is 2.43. The highest BCUT2D eigenvalue weighted by Crippen LogP contribution is 2.28. The van der Waals surface area contributed by atoms with Crippen molar-refractivity contribution in [3.63, 3.8) is 0 Å². The van der Waals surface area contributed by atoms with Gasteiger partial charge in [-0.1, -0.05) is 0 Å². The van der Waals surface area contributed by atoms with E-state index in [1.807, 2.05) is 0 Å². The maximum absolute atomic E-state index is 2.55. The van der Waals surface area contributed by atoms with Crippen LogP contribution in [0.5, 0.6) is 0 Å². The monoisotopic (exact) mass is 283 g/mol. The summed E-state index contributed by atoms with van der Waals surface area (Å²) >= 11 is 0. The molecule has 0 aliphatic heterocycles. The molecule has 0 saturated carbocycles. The van der Waals surface area contributed by atoms with E-state index >= 15 is 0 Å². The summed E-state index contributed by atoms with van der Waals surface area (Å²) in [6.45, 7) is 29.8. The van der Waals surface area contributed by atoms with Gasteiger partial charge in [-0.05, 0) is 83.1 Å². The molecule has 2 heteroatoms. The van der Waals surface area contributed by atoms with Crippen LogP contribution < -0.4 is 0 Å². The van der Waals surface area contributed by atoms with Gasteiger partial charge in [-0.3, -0.25) is 9.48 Å². The second-order valence-corrected chi connectivity index (χ2v) is 9.90. The lowest BCUT2D eigenvalue weighted by Crippen LogP contribution is -2.61. The fourth-order valence-electron chi connectivity index (χ4n) is 4.05. The van der Waals surface area contributed by atoms with Crippen molar-refractivity contribution in [3.8, 4) is 0 Å². The molecule has 0 heterocycles. The molecule has 2 nitrogen and oxygen atoms in total. The zero-order valence-electron chi connectivity index (χ0n) is 16.4. The summed E-state index contributed by atoms with van der Waals surface area (Å²) in [4.78, 5) is 2.55. The number of nitrogens with zero attached hydrogens (tertiary/aromatic N) is 2. The molecule has 0 N–H and O–H groups in total. The van der Waals surface area contributed by atoms with Gasteiger partial charge in [0.25, 0.3) is 0 Å². The topological polar surface area (TPSA) is 6.25 Å². The lowest BCUT2D eigenvalue weighted by molar-refractivity contribution is -0.661. The van der Waals surface area contributed by atoms with Gasteiger partial charge in [0.1, 0.15) is 0 Å². The molecule has 0 fully saturated rings. The third-order valence-electron chi connectivity index (χ3n) is 3.33. The Morgan fingerprint density at radius 3 is 1.00 bits per heavy atom. The molecule has 0 amide bonds. The van der Waals surface area contributed by atoms with Crippen molar-refractivity contribution in [2.45, 2.75) is 112 Å². The van der Waals surface area contributed by atoms with Crippen LogP contribution in [0.1, 0.15) is 90.0 Å². The molecule has 0 atom stereocenters. The van der Waals surface area contributed by atoms with E-state index in [0.717, 1.165) is 0 Å². The van der Waals surface area contributed by atoms with Gasteiger partial charge in [0, 0.05) is 6.92 Å². The lowest BCUT2D eigenvalue weighted by Gasteiger charge is -2.44. The fraction of sp³-hybridized carbons (Fsp3) is 0.944. The van der Waals surface area contributed by atoms with Crippen molar-refractivity contribution in [1.82, 2.24) is 4.90 Å². The minimum absolute atomic E-state index is 0.0943. The van der Waals surface area contributed by atoms with Gasteiger partial charge >= 0.3 is 0 Å². The van der Waals surface area contributed by atoms with Crippen LogP contribution in [0.15, 0.2) is 0 Å². The van der Waals surface area contributed by atoms with Crippen molar-refractivity contribution >= 4 is 5.84 Å². The molecule has 0 bridgehead atoms. The lowest BCUT2D eigenvalue weighted by atomic mass is 9.93. The van der Waals surface area contributed by atoms with Gasteiger partial charge in [0.2, 0.25) is 5.84 Å². The molecular formula is C18H39N2+. The summed E-state index contributed by atoms with van der Waals surface area (Å²) in [7, 11) is 0. The van der Waals surface area contributed by atoms with Crippen molar-refractivity contribution in [1.29, 1.82) is 0 Å². The molecule has 0 aliphatic carbocycles. The first kappa shape index (κ1) is 19.5. The summed E-state index contributed by atoms with van der Waals surface area (Å²) in [5, 5.41) is 0. The van der Waals surface area contributed by atoms with E-state index in [9.17, 15) is 0 Å². The zero-order valence-corrected chi connectivity index (χ0v) is 16.4. The van der Waals surface area contributed by atoms with Crippen LogP contribution in [0.3, 0.4) is 0 Å². The summed E-state index contributed by atoms with van der Waals surface area (Å²) in [5.41, 5.74) is 0.377. The quantitative estimate of drug-likeness (QED) is 0.348. The summed E-state index contributed by atoms with van der Waals surface area (Å²) < 4.78 is 2.55. The van der Waals surface area contributed by atoms with Crippen LogP contribution in [-0.2, 0) is 0 Å². The molecule has 0 aromatic rings. The van der Waals surface area contributed by atoms with Crippen LogP contribution in [0, 0.1) is 0 Å². The van der Waals surface area contributed by atoms with Gasteiger partial charge in [0.15, 0.2) is 0 Å². The minimum Gasteiger partial charge on any atom is -0.257 e. The predicted molar refractivity (Wildman–Crippen MR) is 91.8 cm³/mol. The zero-order chi connectivity index (χ0) is 16.7. The standard InChI is InChI=1S/C18H39N2/c1-14(19(15(2,3)4)16(5,6)7)20(17(8,9)10)18(11,12)13/h1-13H3/q+1. The van der Waals surface area contributed by atoms with Gasteiger partial charge in [-0.2, -0.15) is 0 Å². The highest BCUT2D eigenvalue weighted by molar-refractivity contribution is 5.76. The fourth-order valence-corrected chi connectivity index (χ4v) is 4.05. The van der Waals surface area contributed by atoms with Crippen molar-refractivity contribution in [2.75, 3.05) is 0 Å². The molecule has 0 radical (unpaired) electrons. The molecule has 0 aliphatic rings. The Balaban J connectivity index is 6.33. The Bertz CT molecular complexity index is 332. The largest absolute Gasteiger partial charge is 0.257 e. The van der Waals surface area contributed by atoms with Crippen LogP contribution in [0.4, 0.5) is 0 Å². The molecule has 20 heavy (non-hydrogen) atoms. The second kappa shape index (κ2) is 5.35. The van der Waals surface area contributed by atoms with Gasteiger partial charge < -0.3 is 0 Å². The average molecular weight is 284 g/mol. The predicted octanol–water partition coefficient (Wildman–Crippen LogP) is 4.91. The third-order valence-corrected chi connectivity index (χ3v) is 3.33. The van der Waals surface area contributed by atoms with E-state index in [-0.39, 0.29) is 22.2 Å². The summed E-state index contributed by atoms with van der Waals surface area (Å²) in [6, 6.07) is 0. The normalized spacial score (nSPS) is 14.2. The smallest absolute Gasteiger partial charge is 0.245 e. The first-order valence-electron chi connectivity index (χ1n) is 7.84. The molecule has 0 aromatic heterocycles. The van der Waals surface area contributed by atoms with Crippen molar-refractivity contribution < 1.29 is 4.58 Å². The molecular weight excluding hydrogens is 244 g/mol. The van der Waals surface area contributed by atoms with E-state index in [1.54, 1.807) is 0 Å². The number of rotatable bonds is 0. The number of hydrogen-bond acceptors (Lipinski definition) is 0. The van der Waals surface area contributed by atoms with Gasteiger partial charge in [0.05, 0.1) is 22.2 Å². The Labute approximate surface area is 128 Å². The Kier molecular flexibility index (Phi) is 5.21. The highest BCUT2D eigenvalue weighted by atomic mass is 15.3. The van der Waals surface area contributed by atoms with E-state index in [1.165, 1.54) is 5.84 Å². The summed E-state index contributed by atoms with van der Waals surface area (Å²) in [5.74, 6) is 1.35. The van der Waals surface area contributed by atoms with Crippen LogP contribution >= 0.6 is 0 Å². The van der Waals surface area contributed by atoms with Gasteiger partial charge in [-0.15, -0.1) is 0 Å². The van der Waals surface area contributed by atoms with E-state index in [2.05, 4.69) is 99.5 Å². The van der Waals surface area contributed by atoms with E-state index < -0.39 is 0 Å². The second-order valence-electron chi connectivity index (χ2n) is 9.90. The molecule has 0 rings (SSSR count). The maximum Gasteiger partial charge on any atom is 0.245 e. The van der Waals surface area contributed by atoms with Crippen LogP contribution in [0.25, 0.3) is 0 Å². The Morgan fingerprint density at radius 2 is 0.850 bits per heavy atom. The maximum atomic E-state index is 2.55. The summed E-state index contributed by atoms with van der Waals surface area (Å²) in [6.07, 6.45) is 0.